The number of esters is 1. The average Bonchev–Trinajstić information content (AvgIpc) is 2.52. The van der Waals surface area contributed by atoms with Gasteiger partial charge >= 0.3 is 18.0 Å². The standard InChI is InChI=1S/C73H108N2O10/c1-9-10-11-12-13-14-15-21-32-65(75-70(80)85-66-51-64-61(42-37-54-28-22-23-48-71(54,64)5)63-44-43-62(72(63,66)6)53(4)27-25-26-52(2)3)69(79)74-49-24-17-20-31-60(84-68(78)46-45-67(76)77)47-50-83-73(55-29-18-16-19-30-55,56-33-38-58(81-7)39-34-56)57-35-40-59(82-8)41-36-57/h16,18-19,29-30,33-41,52-53,60-66H,9-15,17,20-28,31-32,42-51H2,1-8H3,(H,74,79)(H,75,80)(H,76,77)/t53-,60?,61?,62-,63?,64?,65?,66?,71+,72-/m1/s1. The Morgan fingerprint density at radius 3 is 1.98 bits per heavy atom. The van der Waals surface area contributed by atoms with Crippen LogP contribution in [0.2, 0.25) is 0 Å². The summed E-state index contributed by atoms with van der Waals surface area (Å²) in [5.74, 6) is 2.90. The number of allylic oxidation sites excluding steroid dienone is 2. The van der Waals surface area contributed by atoms with Crippen LogP contribution in [0, 0.1) is 46.3 Å². The predicted molar refractivity (Wildman–Crippen MR) is 339 cm³/mol. The molecule has 2 amide bonds. The fourth-order valence-electron chi connectivity index (χ4n) is 16.0. The van der Waals surface area contributed by atoms with Crippen molar-refractivity contribution in [3.63, 3.8) is 0 Å². The molecule has 0 aliphatic heterocycles. The number of carboxylic acids is 1. The molecule has 3 fully saturated rings. The molecule has 0 radical (unpaired) electrons. The zero-order valence-electron chi connectivity index (χ0n) is 53.4. The number of amides is 2. The highest BCUT2D eigenvalue weighted by atomic mass is 16.6. The summed E-state index contributed by atoms with van der Waals surface area (Å²) in [6.07, 6.45) is 26.5. The first-order valence-corrected chi connectivity index (χ1v) is 33.4. The van der Waals surface area contributed by atoms with Gasteiger partial charge in [0.2, 0.25) is 5.91 Å². The van der Waals surface area contributed by atoms with Gasteiger partial charge in [-0.1, -0.05) is 191 Å². The van der Waals surface area contributed by atoms with Crippen LogP contribution in [0.15, 0.2) is 90.5 Å². The molecule has 3 N–H and O–H groups in total. The van der Waals surface area contributed by atoms with Gasteiger partial charge in [0.15, 0.2) is 0 Å². The highest BCUT2D eigenvalue weighted by Crippen LogP contribution is 2.68. The quantitative estimate of drug-likeness (QED) is 0.0221. The monoisotopic (exact) mass is 1170 g/mol. The highest BCUT2D eigenvalue weighted by Gasteiger charge is 2.64. The van der Waals surface area contributed by atoms with Crippen molar-refractivity contribution in [2.45, 2.75) is 239 Å². The molecule has 85 heavy (non-hydrogen) atoms. The number of nitrogens with one attached hydrogen (secondary N) is 2. The van der Waals surface area contributed by atoms with Gasteiger partial charge < -0.3 is 39.4 Å². The molecule has 0 bridgehead atoms. The second-order valence-corrected chi connectivity index (χ2v) is 26.7. The molecule has 0 heterocycles. The lowest BCUT2D eigenvalue weighted by molar-refractivity contribution is -0.153. The minimum absolute atomic E-state index is 0.133. The molecule has 7 rings (SSSR count). The molecule has 3 saturated carbocycles. The number of carbonyl (C=O) groups is 4. The minimum Gasteiger partial charge on any atom is -0.497 e. The van der Waals surface area contributed by atoms with Crippen LogP contribution in [0.5, 0.6) is 11.5 Å². The first-order chi connectivity index (χ1) is 41.1. The molecule has 0 saturated heterocycles. The van der Waals surface area contributed by atoms with Gasteiger partial charge in [-0.2, -0.15) is 0 Å². The summed E-state index contributed by atoms with van der Waals surface area (Å²) in [4.78, 5) is 53.7. The largest absolute Gasteiger partial charge is 0.497 e. The molecule has 4 aliphatic rings. The van der Waals surface area contributed by atoms with E-state index < -0.39 is 35.8 Å². The van der Waals surface area contributed by atoms with Crippen molar-refractivity contribution in [1.82, 2.24) is 10.6 Å². The van der Waals surface area contributed by atoms with Gasteiger partial charge in [-0.15, -0.1) is 0 Å². The zero-order chi connectivity index (χ0) is 60.8. The van der Waals surface area contributed by atoms with Crippen LogP contribution in [-0.2, 0) is 34.2 Å². The van der Waals surface area contributed by atoms with Crippen LogP contribution < -0.4 is 20.1 Å². The fraction of sp³-hybridized carbons (Fsp3) is 0.671. The van der Waals surface area contributed by atoms with Gasteiger partial charge in [0.25, 0.3) is 0 Å². The van der Waals surface area contributed by atoms with Crippen molar-refractivity contribution in [3.05, 3.63) is 107 Å². The minimum atomic E-state index is -1.07. The summed E-state index contributed by atoms with van der Waals surface area (Å²) in [5, 5.41) is 15.8. The van der Waals surface area contributed by atoms with E-state index in [9.17, 15) is 24.3 Å². The molecule has 4 aliphatic carbocycles. The van der Waals surface area contributed by atoms with Crippen LogP contribution in [0.3, 0.4) is 0 Å². The smallest absolute Gasteiger partial charge is 0.408 e. The molecule has 12 heteroatoms. The number of alkyl carbamates (subject to hydrolysis) is 1. The van der Waals surface area contributed by atoms with E-state index in [4.69, 9.17) is 23.7 Å². The third kappa shape index (κ3) is 17.7. The maximum atomic E-state index is 14.7. The molecule has 12 nitrogen and oxygen atoms in total. The van der Waals surface area contributed by atoms with Crippen molar-refractivity contribution in [2.75, 3.05) is 27.4 Å². The van der Waals surface area contributed by atoms with E-state index in [1.165, 1.54) is 89.9 Å². The topological polar surface area (TPSA) is 159 Å². The maximum absolute atomic E-state index is 14.7. The fourth-order valence-corrected chi connectivity index (χ4v) is 16.0. The van der Waals surface area contributed by atoms with Crippen molar-refractivity contribution in [1.29, 1.82) is 0 Å². The van der Waals surface area contributed by atoms with Gasteiger partial charge in [0.05, 0.1) is 33.7 Å². The van der Waals surface area contributed by atoms with E-state index >= 15 is 0 Å². The van der Waals surface area contributed by atoms with Crippen LogP contribution >= 0.6 is 0 Å². The first kappa shape index (κ1) is 67.2. The third-order valence-corrected chi connectivity index (χ3v) is 20.8. The molecule has 0 aromatic heterocycles. The lowest BCUT2D eigenvalue weighted by Gasteiger charge is -2.60. The Bertz CT molecular complexity index is 2500. The Labute approximate surface area is 511 Å². The van der Waals surface area contributed by atoms with E-state index in [0.29, 0.717) is 85.7 Å². The second kappa shape index (κ2) is 33.1. The maximum Gasteiger partial charge on any atom is 0.408 e. The van der Waals surface area contributed by atoms with Crippen molar-refractivity contribution < 1.29 is 48.0 Å². The number of benzene rings is 3. The van der Waals surface area contributed by atoms with Crippen LogP contribution in [0.4, 0.5) is 4.79 Å². The van der Waals surface area contributed by atoms with Crippen molar-refractivity contribution >= 4 is 23.9 Å². The molecule has 470 valence electrons. The van der Waals surface area contributed by atoms with Gasteiger partial charge in [0, 0.05) is 18.4 Å². The molecule has 10 atom stereocenters. The van der Waals surface area contributed by atoms with E-state index in [-0.39, 0.29) is 42.3 Å². The Kier molecular flexibility index (Phi) is 26.2. The molecule has 3 aromatic carbocycles. The normalized spacial score (nSPS) is 23.7. The zero-order valence-corrected chi connectivity index (χ0v) is 53.4. The van der Waals surface area contributed by atoms with Crippen LogP contribution in [0.25, 0.3) is 0 Å². The molecular weight excluding hydrogens is 1060 g/mol. The summed E-state index contributed by atoms with van der Waals surface area (Å²) in [7, 11) is 3.27. The van der Waals surface area contributed by atoms with E-state index in [1.807, 2.05) is 78.9 Å². The number of fused-ring (bicyclic) bond motifs is 5. The van der Waals surface area contributed by atoms with E-state index in [2.05, 4.69) is 58.3 Å². The number of rotatable bonds is 36. The van der Waals surface area contributed by atoms with Crippen molar-refractivity contribution in [2.24, 2.45) is 46.3 Å². The number of ether oxygens (including phenoxy) is 5. The number of methoxy groups -OCH3 is 2. The Morgan fingerprint density at radius 1 is 0.694 bits per heavy atom. The second-order valence-electron chi connectivity index (χ2n) is 26.7. The molecule has 3 aromatic rings. The first-order valence-electron chi connectivity index (χ1n) is 33.4. The molecule has 0 spiro atoms. The van der Waals surface area contributed by atoms with Crippen LogP contribution in [0.1, 0.15) is 232 Å². The molecule has 6 unspecified atom stereocenters. The number of carbonyl (C=O) groups excluding carboxylic acids is 3. The summed E-state index contributed by atoms with van der Waals surface area (Å²) < 4.78 is 31.1. The van der Waals surface area contributed by atoms with Gasteiger partial charge in [-0.25, -0.2) is 4.79 Å². The predicted octanol–water partition coefficient (Wildman–Crippen LogP) is 16.9. The number of hydrogen-bond acceptors (Lipinski definition) is 9. The molecular formula is C73H108N2O10. The Morgan fingerprint density at radius 2 is 1.33 bits per heavy atom. The van der Waals surface area contributed by atoms with Gasteiger partial charge in [-0.3, -0.25) is 14.4 Å². The van der Waals surface area contributed by atoms with E-state index in [0.717, 1.165) is 55.2 Å². The Hall–Kier alpha value is -5.36. The lowest BCUT2D eigenvalue weighted by atomic mass is 9.46. The number of unbranched alkanes of at least 4 members (excludes halogenated alkanes) is 9. The SMILES string of the molecule is CCCCCCCCCCC(NC(=O)OC1CC2C(CC=C3CCCC[C@@]32C)C2CC[C@H]([C@H](C)CCCC(C)C)[C@@]12C)C(=O)NCCCCCC(CCOC(c1ccccc1)(c1ccc(OC)cc1)c1ccc(OC)cc1)OC(=O)CCC(=O)O. The Balaban J connectivity index is 1.01. The number of hydrogen-bond donors (Lipinski definition) is 3. The number of carboxylic acid groups (broad SMARTS) is 1. The number of aliphatic carboxylic acids is 1. The highest BCUT2D eigenvalue weighted by molar-refractivity contribution is 5.85. The summed E-state index contributed by atoms with van der Waals surface area (Å²) >= 11 is 0. The lowest BCUT2D eigenvalue weighted by Crippen LogP contribution is -2.58. The summed E-state index contributed by atoms with van der Waals surface area (Å²) in [6.45, 7) is 15.0. The van der Waals surface area contributed by atoms with Gasteiger partial charge in [-0.05, 0) is 153 Å². The van der Waals surface area contributed by atoms with Crippen LogP contribution in [-0.4, -0.2) is 74.7 Å². The summed E-state index contributed by atoms with van der Waals surface area (Å²) in [6, 6.07) is 25.0. The third-order valence-electron chi connectivity index (χ3n) is 20.8. The van der Waals surface area contributed by atoms with Crippen molar-refractivity contribution in [3.8, 4) is 11.5 Å². The summed E-state index contributed by atoms with van der Waals surface area (Å²) in [5.41, 5.74) is 3.25. The average molecular weight is 1170 g/mol. The van der Waals surface area contributed by atoms with E-state index in [1.54, 1.807) is 19.8 Å². The van der Waals surface area contributed by atoms with Gasteiger partial charge in [0.1, 0.15) is 35.3 Å².